The summed E-state index contributed by atoms with van der Waals surface area (Å²) < 4.78 is 6.64. The normalized spacial score (nSPS) is 11.2. The van der Waals surface area contributed by atoms with Crippen LogP contribution in [0.25, 0.3) is 0 Å². The minimum atomic E-state index is -0.604. The van der Waals surface area contributed by atoms with Gasteiger partial charge in [-0.1, -0.05) is 41.6 Å². The number of anilines is 1. The fourth-order valence-corrected chi connectivity index (χ4v) is 2.98. The van der Waals surface area contributed by atoms with Gasteiger partial charge in [-0.3, -0.25) is 0 Å². The Bertz CT molecular complexity index is 1050. The number of ether oxygens (including phenoxy) is 1. The zero-order valence-corrected chi connectivity index (χ0v) is 17.3. The molecular weight excluding hydrogens is 434 g/mol. The standard InChI is InChI=1S/C22H20BrN3O3/c1-14-17(5-4-7-19(14)24)21(25)26-29-22(27)16-11-9-15(10-12-16)13-28-20-8-3-2-6-18(20)23/h2-12H,13,24H2,1H3,(H2,25,26). The first-order chi connectivity index (χ1) is 14.0. The van der Waals surface area contributed by atoms with E-state index in [9.17, 15) is 4.79 Å². The third-order valence-corrected chi connectivity index (χ3v) is 4.95. The number of rotatable bonds is 6. The van der Waals surface area contributed by atoms with Crippen molar-refractivity contribution in [3.63, 3.8) is 0 Å². The van der Waals surface area contributed by atoms with Gasteiger partial charge >= 0.3 is 5.97 Å². The van der Waals surface area contributed by atoms with Crippen molar-refractivity contribution in [3.8, 4) is 5.75 Å². The number of nitrogen functional groups attached to an aromatic ring is 1. The van der Waals surface area contributed by atoms with Crippen LogP contribution in [0.3, 0.4) is 0 Å². The minimum Gasteiger partial charge on any atom is -0.488 e. The Labute approximate surface area is 177 Å². The number of carbonyl (C=O) groups is 1. The van der Waals surface area contributed by atoms with Crippen LogP contribution in [0, 0.1) is 6.92 Å². The SMILES string of the molecule is Cc1c(N)cccc1/C(N)=N/OC(=O)c1ccc(COc2ccccc2Br)cc1. The molecule has 0 aromatic heterocycles. The summed E-state index contributed by atoms with van der Waals surface area (Å²) in [5, 5.41) is 3.74. The topological polar surface area (TPSA) is 99.9 Å². The molecule has 0 amide bonds. The highest BCUT2D eigenvalue weighted by Gasteiger charge is 2.10. The zero-order valence-electron chi connectivity index (χ0n) is 15.8. The third kappa shape index (κ3) is 5.14. The van der Waals surface area contributed by atoms with Crippen molar-refractivity contribution in [2.75, 3.05) is 5.73 Å². The maximum atomic E-state index is 12.2. The van der Waals surface area contributed by atoms with E-state index in [1.54, 1.807) is 42.5 Å². The van der Waals surface area contributed by atoms with Crippen molar-refractivity contribution in [3.05, 3.63) is 93.5 Å². The maximum absolute atomic E-state index is 12.2. The Hall–Kier alpha value is -3.32. The summed E-state index contributed by atoms with van der Waals surface area (Å²) in [5.74, 6) is 0.229. The van der Waals surface area contributed by atoms with Gasteiger partial charge in [0.25, 0.3) is 0 Å². The summed E-state index contributed by atoms with van der Waals surface area (Å²) in [6, 6.07) is 19.8. The van der Waals surface area contributed by atoms with Crippen molar-refractivity contribution in [1.29, 1.82) is 0 Å². The Morgan fingerprint density at radius 3 is 2.48 bits per heavy atom. The molecule has 148 valence electrons. The van der Waals surface area contributed by atoms with Crippen LogP contribution in [0.1, 0.15) is 27.0 Å². The van der Waals surface area contributed by atoms with Crippen LogP contribution in [-0.4, -0.2) is 11.8 Å². The van der Waals surface area contributed by atoms with Crippen molar-refractivity contribution in [1.82, 2.24) is 0 Å². The van der Waals surface area contributed by atoms with Gasteiger partial charge in [0.2, 0.25) is 0 Å². The van der Waals surface area contributed by atoms with E-state index in [-0.39, 0.29) is 5.84 Å². The van der Waals surface area contributed by atoms with Crippen LogP contribution in [0.15, 0.2) is 76.4 Å². The summed E-state index contributed by atoms with van der Waals surface area (Å²) in [4.78, 5) is 17.2. The zero-order chi connectivity index (χ0) is 20.8. The van der Waals surface area contributed by atoms with Crippen molar-refractivity contribution >= 4 is 33.4 Å². The van der Waals surface area contributed by atoms with Gasteiger partial charge < -0.3 is 21.0 Å². The number of oxime groups is 1. The average Bonchev–Trinajstić information content (AvgIpc) is 2.73. The molecule has 0 aliphatic heterocycles. The second kappa shape index (κ2) is 9.25. The number of para-hydroxylation sites is 1. The minimum absolute atomic E-state index is 0.0848. The van der Waals surface area contributed by atoms with Gasteiger partial charge in [-0.05, 0) is 64.3 Å². The highest BCUT2D eigenvalue weighted by molar-refractivity contribution is 9.10. The molecule has 0 saturated heterocycles. The van der Waals surface area contributed by atoms with E-state index in [4.69, 9.17) is 21.0 Å². The molecule has 0 unspecified atom stereocenters. The molecule has 6 nitrogen and oxygen atoms in total. The summed E-state index contributed by atoms with van der Waals surface area (Å²) in [7, 11) is 0. The Kier molecular flexibility index (Phi) is 6.51. The Balaban J connectivity index is 1.61. The maximum Gasteiger partial charge on any atom is 0.365 e. The lowest BCUT2D eigenvalue weighted by molar-refractivity contribution is 0.0516. The lowest BCUT2D eigenvalue weighted by Crippen LogP contribution is -2.17. The summed E-state index contributed by atoms with van der Waals surface area (Å²) in [6.07, 6.45) is 0. The van der Waals surface area contributed by atoms with E-state index in [2.05, 4.69) is 21.1 Å². The molecule has 0 heterocycles. The summed E-state index contributed by atoms with van der Waals surface area (Å²) in [6.45, 7) is 2.20. The van der Waals surface area contributed by atoms with Gasteiger partial charge in [0, 0.05) is 11.3 Å². The number of halogens is 1. The molecular formula is C22H20BrN3O3. The quantitative estimate of drug-likeness (QED) is 0.189. The van der Waals surface area contributed by atoms with Crippen LogP contribution in [0.4, 0.5) is 5.69 Å². The first-order valence-electron chi connectivity index (χ1n) is 8.82. The monoisotopic (exact) mass is 453 g/mol. The predicted molar refractivity (Wildman–Crippen MR) is 117 cm³/mol. The molecule has 3 aromatic carbocycles. The van der Waals surface area contributed by atoms with Gasteiger partial charge in [-0.15, -0.1) is 0 Å². The Morgan fingerprint density at radius 2 is 1.76 bits per heavy atom. The van der Waals surface area contributed by atoms with Crippen molar-refractivity contribution < 1.29 is 14.4 Å². The van der Waals surface area contributed by atoms with Crippen LogP contribution in [-0.2, 0) is 11.4 Å². The molecule has 3 rings (SSSR count). The van der Waals surface area contributed by atoms with Crippen molar-refractivity contribution in [2.24, 2.45) is 10.9 Å². The second-order valence-electron chi connectivity index (χ2n) is 6.29. The highest BCUT2D eigenvalue weighted by Crippen LogP contribution is 2.24. The van der Waals surface area contributed by atoms with Gasteiger partial charge in [-0.25, -0.2) is 4.79 Å². The predicted octanol–water partition coefficient (Wildman–Crippen LogP) is 4.40. The molecule has 0 bridgehead atoms. The fraction of sp³-hybridized carbons (Fsp3) is 0.0909. The first kappa shape index (κ1) is 20.4. The number of benzene rings is 3. The van der Waals surface area contributed by atoms with E-state index in [0.29, 0.717) is 23.4 Å². The molecule has 0 saturated carbocycles. The first-order valence-corrected chi connectivity index (χ1v) is 9.61. The molecule has 0 atom stereocenters. The lowest BCUT2D eigenvalue weighted by atomic mass is 10.1. The molecule has 0 spiro atoms. The summed E-state index contributed by atoms with van der Waals surface area (Å²) in [5.41, 5.74) is 15.0. The molecule has 7 heteroatoms. The lowest BCUT2D eigenvalue weighted by Gasteiger charge is -2.08. The van der Waals surface area contributed by atoms with E-state index in [1.165, 1.54) is 0 Å². The van der Waals surface area contributed by atoms with Gasteiger partial charge in [-0.2, -0.15) is 0 Å². The number of hydrogen-bond acceptors (Lipinski definition) is 5. The smallest absolute Gasteiger partial charge is 0.365 e. The molecule has 4 N–H and O–H groups in total. The Morgan fingerprint density at radius 1 is 1.03 bits per heavy atom. The second-order valence-corrected chi connectivity index (χ2v) is 7.15. The summed E-state index contributed by atoms with van der Waals surface area (Å²) >= 11 is 3.44. The van der Waals surface area contributed by atoms with Crippen LogP contribution >= 0.6 is 15.9 Å². The van der Waals surface area contributed by atoms with E-state index >= 15 is 0 Å². The molecule has 3 aromatic rings. The number of amidine groups is 1. The number of nitrogens with zero attached hydrogens (tertiary/aromatic N) is 1. The fourth-order valence-electron chi connectivity index (χ4n) is 2.58. The number of carbonyl (C=O) groups excluding carboxylic acids is 1. The largest absolute Gasteiger partial charge is 0.488 e. The van der Waals surface area contributed by atoms with E-state index in [0.717, 1.165) is 21.3 Å². The highest BCUT2D eigenvalue weighted by atomic mass is 79.9. The molecule has 0 fully saturated rings. The molecule has 0 aliphatic rings. The average molecular weight is 454 g/mol. The molecule has 0 aliphatic carbocycles. The number of hydrogen-bond donors (Lipinski definition) is 2. The van der Waals surface area contributed by atoms with Crippen LogP contribution in [0.5, 0.6) is 5.75 Å². The van der Waals surface area contributed by atoms with Crippen LogP contribution < -0.4 is 16.2 Å². The molecule has 29 heavy (non-hydrogen) atoms. The van der Waals surface area contributed by atoms with E-state index in [1.807, 2.05) is 31.2 Å². The third-order valence-electron chi connectivity index (χ3n) is 4.30. The van der Waals surface area contributed by atoms with Crippen molar-refractivity contribution in [2.45, 2.75) is 13.5 Å². The van der Waals surface area contributed by atoms with Crippen LogP contribution in [0.2, 0.25) is 0 Å². The number of nitrogens with two attached hydrogens (primary N) is 2. The molecule has 0 radical (unpaired) electrons. The van der Waals surface area contributed by atoms with Gasteiger partial charge in [0.15, 0.2) is 5.84 Å². The van der Waals surface area contributed by atoms with Gasteiger partial charge in [0.05, 0.1) is 10.0 Å². The van der Waals surface area contributed by atoms with Gasteiger partial charge in [0.1, 0.15) is 12.4 Å². The van der Waals surface area contributed by atoms with E-state index < -0.39 is 5.97 Å².